The lowest BCUT2D eigenvalue weighted by Crippen LogP contribution is -2.14. The molecule has 0 saturated carbocycles. The quantitative estimate of drug-likeness (QED) is 0.372. The maximum Gasteiger partial charge on any atom is 0.318 e. The molecule has 0 atom stereocenters. The first-order valence-corrected chi connectivity index (χ1v) is 5.60. The van der Waals surface area contributed by atoms with Crippen molar-refractivity contribution in [2.45, 2.75) is 19.8 Å². The smallest absolute Gasteiger partial charge is 0.318 e. The Kier molecular flexibility index (Phi) is 4.74. The van der Waals surface area contributed by atoms with Gasteiger partial charge in [0.05, 0.1) is 4.47 Å². The average molecular weight is 307 g/mol. The zero-order valence-electron chi connectivity index (χ0n) is 8.93. The van der Waals surface area contributed by atoms with Crippen LogP contribution in [0.25, 0.3) is 0 Å². The molecule has 0 aliphatic carbocycles. The van der Waals surface area contributed by atoms with Crippen LogP contribution in [0.15, 0.2) is 16.6 Å². The van der Waals surface area contributed by atoms with Crippen LogP contribution in [-0.2, 0) is 9.59 Å². The third-order valence-electron chi connectivity index (χ3n) is 1.93. The van der Waals surface area contributed by atoms with Crippen LogP contribution in [0.3, 0.4) is 0 Å². The Morgan fingerprint density at radius 3 is 2.53 bits per heavy atom. The molecule has 1 rings (SSSR count). The van der Waals surface area contributed by atoms with E-state index in [1.807, 2.05) is 0 Å². The van der Waals surface area contributed by atoms with E-state index < -0.39 is 29.8 Å². The number of Topliss-reactive ketones (excluding diaryl/α,β-unsaturated/α-hetero) is 1. The van der Waals surface area contributed by atoms with Gasteiger partial charge in [-0.25, -0.2) is 8.78 Å². The number of ketones is 1. The summed E-state index contributed by atoms with van der Waals surface area (Å²) < 4.78 is 30.8. The van der Waals surface area contributed by atoms with Crippen LogP contribution in [-0.4, -0.2) is 11.8 Å². The Morgan fingerprint density at radius 1 is 1.29 bits per heavy atom. The van der Waals surface area contributed by atoms with E-state index in [1.165, 1.54) is 0 Å². The van der Waals surface area contributed by atoms with Crippen molar-refractivity contribution in [1.29, 1.82) is 0 Å². The molecule has 0 saturated heterocycles. The topological polar surface area (TPSA) is 43.4 Å². The van der Waals surface area contributed by atoms with Gasteiger partial charge in [-0.1, -0.05) is 6.92 Å². The van der Waals surface area contributed by atoms with Gasteiger partial charge >= 0.3 is 5.97 Å². The Bertz CT molecular complexity index is 460. The monoisotopic (exact) mass is 306 g/mol. The van der Waals surface area contributed by atoms with Crippen molar-refractivity contribution in [3.8, 4) is 5.75 Å². The molecule has 17 heavy (non-hydrogen) atoms. The van der Waals surface area contributed by atoms with Crippen LogP contribution in [0, 0.1) is 11.6 Å². The minimum Gasteiger partial charge on any atom is -0.423 e. The summed E-state index contributed by atoms with van der Waals surface area (Å²) in [4.78, 5) is 22.1. The van der Waals surface area contributed by atoms with Crippen LogP contribution >= 0.6 is 15.9 Å². The van der Waals surface area contributed by atoms with Crippen LogP contribution in [0.2, 0.25) is 0 Å². The van der Waals surface area contributed by atoms with Gasteiger partial charge in [0.2, 0.25) is 0 Å². The van der Waals surface area contributed by atoms with Crippen LogP contribution in [0.1, 0.15) is 19.8 Å². The molecule has 1 aromatic rings. The summed E-state index contributed by atoms with van der Waals surface area (Å²) in [6.45, 7) is 1.59. The standard InChI is InChI=1S/C11H9BrF2O3/c1-2-6(15)3-11(16)17-10-5-8(13)7(12)4-9(10)14/h4-5H,2-3H2,1H3. The van der Waals surface area contributed by atoms with E-state index in [1.54, 1.807) is 6.92 Å². The van der Waals surface area contributed by atoms with Crippen molar-refractivity contribution in [2.24, 2.45) is 0 Å². The molecule has 0 heterocycles. The molecule has 1 aromatic carbocycles. The van der Waals surface area contributed by atoms with Gasteiger partial charge in [-0.3, -0.25) is 9.59 Å². The molecule has 3 nitrogen and oxygen atoms in total. The predicted octanol–water partition coefficient (Wildman–Crippen LogP) is 3.00. The van der Waals surface area contributed by atoms with Crippen LogP contribution < -0.4 is 4.74 Å². The number of benzene rings is 1. The molecule has 0 aliphatic rings. The van der Waals surface area contributed by atoms with Crippen molar-refractivity contribution in [1.82, 2.24) is 0 Å². The summed E-state index contributed by atoms with van der Waals surface area (Å²) in [6, 6.07) is 1.59. The molecule has 0 aliphatic heterocycles. The lowest BCUT2D eigenvalue weighted by atomic mass is 10.2. The molecule has 0 aromatic heterocycles. The third-order valence-corrected chi connectivity index (χ3v) is 2.54. The molecule has 6 heteroatoms. The van der Waals surface area contributed by atoms with E-state index >= 15 is 0 Å². The third kappa shape index (κ3) is 3.89. The number of halogens is 3. The van der Waals surface area contributed by atoms with Gasteiger partial charge in [-0.15, -0.1) is 0 Å². The lowest BCUT2D eigenvalue weighted by Gasteiger charge is -2.05. The summed E-state index contributed by atoms with van der Waals surface area (Å²) in [5.41, 5.74) is 0. The molecule has 0 unspecified atom stereocenters. The molecule has 0 N–H and O–H groups in total. The van der Waals surface area contributed by atoms with Gasteiger partial charge in [-0.2, -0.15) is 0 Å². The average Bonchev–Trinajstić information content (AvgIpc) is 2.25. The van der Waals surface area contributed by atoms with Gasteiger partial charge in [0.1, 0.15) is 18.0 Å². The first-order chi connectivity index (χ1) is 7.93. The number of rotatable bonds is 4. The van der Waals surface area contributed by atoms with Gasteiger partial charge in [0.25, 0.3) is 0 Å². The van der Waals surface area contributed by atoms with E-state index in [0.29, 0.717) is 0 Å². The van der Waals surface area contributed by atoms with Gasteiger partial charge in [-0.05, 0) is 22.0 Å². The fourth-order valence-electron chi connectivity index (χ4n) is 1.03. The highest BCUT2D eigenvalue weighted by Crippen LogP contribution is 2.25. The van der Waals surface area contributed by atoms with E-state index in [-0.39, 0.29) is 16.7 Å². The summed E-state index contributed by atoms with van der Waals surface area (Å²) in [5.74, 6) is -3.39. The first kappa shape index (κ1) is 13.8. The second-order valence-corrected chi connectivity index (χ2v) is 4.09. The predicted molar refractivity (Wildman–Crippen MR) is 59.6 cm³/mol. The second kappa shape index (κ2) is 5.86. The SMILES string of the molecule is CCC(=O)CC(=O)Oc1cc(F)c(Br)cc1F. The van der Waals surface area contributed by atoms with E-state index in [9.17, 15) is 18.4 Å². The molecule has 92 valence electrons. The van der Waals surface area contributed by atoms with E-state index in [4.69, 9.17) is 0 Å². The van der Waals surface area contributed by atoms with Gasteiger partial charge in [0.15, 0.2) is 11.6 Å². The fraction of sp³-hybridized carbons (Fsp3) is 0.273. The molecule has 0 radical (unpaired) electrons. The molecule has 0 fully saturated rings. The summed E-state index contributed by atoms with van der Waals surface area (Å²) in [5, 5.41) is 0. The van der Waals surface area contributed by atoms with Crippen molar-refractivity contribution in [3.63, 3.8) is 0 Å². The summed E-state index contributed by atoms with van der Waals surface area (Å²) >= 11 is 2.79. The summed E-state index contributed by atoms with van der Waals surface area (Å²) in [6.07, 6.45) is -0.264. The Labute approximate surface area is 105 Å². The number of carbonyl (C=O) groups is 2. The Balaban J connectivity index is 2.78. The second-order valence-electron chi connectivity index (χ2n) is 3.24. The van der Waals surface area contributed by atoms with Gasteiger partial charge in [0, 0.05) is 12.5 Å². The van der Waals surface area contributed by atoms with Crippen molar-refractivity contribution in [2.75, 3.05) is 0 Å². The summed E-state index contributed by atoms with van der Waals surface area (Å²) in [7, 11) is 0. The molecule has 0 bridgehead atoms. The number of hydrogen-bond donors (Lipinski definition) is 0. The van der Waals surface area contributed by atoms with Crippen LogP contribution in [0.5, 0.6) is 5.75 Å². The van der Waals surface area contributed by atoms with Crippen LogP contribution in [0.4, 0.5) is 8.78 Å². The number of carbonyl (C=O) groups excluding carboxylic acids is 2. The maximum atomic E-state index is 13.3. The molecular weight excluding hydrogens is 298 g/mol. The zero-order valence-corrected chi connectivity index (χ0v) is 10.5. The van der Waals surface area contributed by atoms with Crippen molar-refractivity contribution in [3.05, 3.63) is 28.2 Å². The number of ether oxygens (including phenoxy) is 1. The fourth-order valence-corrected chi connectivity index (χ4v) is 1.34. The largest absolute Gasteiger partial charge is 0.423 e. The molecule has 0 spiro atoms. The maximum absolute atomic E-state index is 13.3. The number of hydrogen-bond acceptors (Lipinski definition) is 3. The van der Waals surface area contributed by atoms with Crippen molar-refractivity contribution < 1.29 is 23.1 Å². The zero-order chi connectivity index (χ0) is 13.0. The normalized spacial score (nSPS) is 10.1. The molecular formula is C11H9BrF2O3. The van der Waals surface area contributed by atoms with E-state index in [0.717, 1.165) is 12.1 Å². The number of esters is 1. The highest BCUT2D eigenvalue weighted by Gasteiger charge is 2.15. The molecule has 0 amide bonds. The minimum atomic E-state index is -0.905. The van der Waals surface area contributed by atoms with E-state index in [2.05, 4.69) is 20.7 Å². The first-order valence-electron chi connectivity index (χ1n) is 4.81. The Hall–Kier alpha value is -1.30. The van der Waals surface area contributed by atoms with Crippen molar-refractivity contribution >= 4 is 27.7 Å². The highest BCUT2D eigenvalue weighted by molar-refractivity contribution is 9.10. The highest BCUT2D eigenvalue weighted by atomic mass is 79.9. The Morgan fingerprint density at radius 2 is 1.94 bits per heavy atom. The lowest BCUT2D eigenvalue weighted by molar-refractivity contribution is -0.138. The minimum absolute atomic E-state index is 0.0700. The van der Waals surface area contributed by atoms with Gasteiger partial charge < -0.3 is 4.74 Å².